The first-order valence-corrected chi connectivity index (χ1v) is 8.87. The summed E-state index contributed by atoms with van der Waals surface area (Å²) in [6.45, 7) is 0. The highest BCUT2D eigenvalue weighted by Crippen LogP contribution is 2.40. The Kier molecular flexibility index (Phi) is 3.93. The molecule has 2 nitrogen and oxygen atoms in total. The maximum atomic E-state index is 12.6. The van der Waals surface area contributed by atoms with Gasteiger partial charge in [0.2, 0.25) is 0 Å². The number of anilines is 1. The van der Waals surface area contributed by atoms with Gasteiger partial charge in [0.1, 0.15) is 4.88 Å². The van der Waals surface area contributed by atoms with Crippen LogP contribution in [0.4, 0.5) is 5.69 Å². The Morgan fingerprint density at radius 1 is 0.958 bits per heavy atom. The van der Waals surface area contributed by atoms with Gasteiger partial charge in [-0.05, 0) is 35.0 Å². The molecule has 1 heterocycles. The zero-order valence-electron chi connectivity index (χ0n) is 12.3. The topological polar surface area (TPSA) is 29.1 Å². The molecular weight excluding hydrogens is 361 g/mol. The molecule has 0 fully saturated rings. The van der Waals surface area contributed by atoms with Gasteiger partial charge in [-0.25, -0.2) is 0 Å². The van der Waals surface area contributed by atoms with E-state index in [-0.39, 0.29) is 5.91 Å². The monoisotopic (exact) mass is 371 g/mol. The third-order valence-electron chi connectivity index (χ3n) is 3.81. The van der Waals surface area contributed by atoms with Gasteiger partial charge < -0.3 is 5.32 Å². The molecule has 1 N–H and O–H groups in total. The van der Waals surface area contributed by atoms with Crippen LogP contribution in [0.3, 0.4) is 0 Å². The van der Waals surface area contributed by atoms with Crippen LogP contribution in [0.2, 0.25) is 10.0 Å². The number of halogens is 2. The minimum Gasteiger partial charge on any atom is -0.321 e. The molecule has 0 radical (unpaired) electrons. The molecule has 118 valence electrons. The highest BCUT2D eigenvalue weighted by molar-refractivity contribution is 7.22. The van der Waals surface area contributed by atoms with Crippen molar-refractivity contribution in [3.63, 3.8) is 0 Å². The Morgan fingerprint density at radius 2 is 1.79 bits per heavy atom. The summed E-state index contributed by atoms with van der Waals surface area (Å²) in [5.74, 6) is -0.229. The molecule has 0 bridgehead atoms. The standard InChI is InChI=1S/C19H11Cl2NOS/c20-12-5-3-6-13(10-12)22-19(23)18-17(21)16-14-7-2-1-4-11(14)8-9-15(16)24-18/h1-10H,(H,22,23). The van der Waals surface area contributed by atoms with Crippen molar-refractivity contribution in [1.82, 2.24) is 0 Å². The van der Waals surface area contributed by atoms with E-state index < -0.39 is 0 Å². The lowest BCUT2D eigenvalue weighted by atomic mass is 10.1. The Labute approximate surface area is 152 Å². The molecule has 0 spiro atoms. The predicted octanol–water partition coefficient (Wildman–Crippen LogP) is 6.61. The lowest BCUT2D eigenvalue weighted by molar-refractivity contribution is 0.103. The third kappa shape index (κ3) is 2.65. The fourth-order valence-electron chi connectivity index (χ4n) is 2.73. The number of thiophene rings is 1. The summed E-state index contributed by atoms with van der Waals surface area (Å²) in [5.41, 5.74) is 0.644. The van der Waals surface area contributed by atoms with Crippen LogP contribution in [0.15, 0.2) is 60.7 Å². The van der Waals surface area contributed by atoms with Gasteiger partial charge in [0, 0.05) is 20.8 Å². The molecule has 4 aromatic rings. The van der Waals surface area contributed by atoms with E-state index in [0.29, 0.717) is 20.6 Å². The van der Waals surface area contributed by atoms with Crippen LogP contribution in [0.25, 0.3) is 20.9 Å². The van der Waals surface area contributed by atoms with Gasteiger partial charge in [-0.1, -0.05) is 59.6 Å². The summed E-state index contributed by atoms with van der Waals surface area (Å²) in [6, 6.07) is 19.1. The van der Waals surface area contributed by atoms with Crippen molar-refractivity contribution in [2.45, 2.75) is 0 Å². The van der Waals surface area contributed by atoms with E-state index in [9.17, 15) is 4.79 Å². The van der Waals surface area contributed by atoms with Crippen LogP contribution >= 0.6 is 34.5 Å². The number of nitrogens with one attached hydrogen (secondary N) is 1. The fraction of sp³-hybridized carbons (Fsp3) is 0. The Balaban J connectivity index is 1.81. The van der Waals surface area contributed by atoms with E-state index in [0.717, 1.165) is 20.9 Å². The van der Waals surface area contributed by atoms with E-state index in [1.165, 1.54) is 11.3 Å². The van der Waals surface area contributed by atoms with Crippen LogP contribution < -0.4 is 5.32 Å². The molecule has 0 unspecified atom stereocenters. The average Bonchev–Trinajstić information content (AvgIpc) is 2.92. The second-order valence-electron chi connectivity index (χ2n) is 5.37. The van der Waals surface area contributed by atoms with E-state index in [2.05, 4.69) is 5.32 Å². The first kappa shape index (κ1) is 15.5. The number of hydrogen-bond acceptors (Lipinski definition) is 2. The van der Waals surface area contributed by atoms with Crippen LogP contribution in [0, 0.1) is 0 Å². The lowest BCUT2D eigenvalue weighted by Gasteiger charge is -2.04. The minimum absolute atomic E-state index is 0.229. The van der Waals surface area contributed by atoms with Crippen molar-refractivity contribution in [2.75, 3.05) is 5.32 Å². The molecule has 1 aromatic heterocycles. The summed E-state index contributed by atoms with van der Waals surface area (Å²) in [4.78, 5) is 13.1. The van der Waals surface area contributed by atoms with Crippen molar-refractivity contribution in [3.8, 4) is 0 Å². The maximum Gasteiger partial charge on any atom is 0.267 e. The summed E-state index contributed by atoms with van der Waals surface area (Å²) in [6.07, 6.45) is 0. The largest absolute Gasteiger partial charge is 0.321 e. The summed E-state index contributed by atoms with van der Waals surface area (Å²) in [5, 5.41) is 7.00. The van der Waals surface area contributed by atoms with Gasteiger partial charge in [0.25, 0.3) is 5.91 Å². The second-order valence-corrected chi connectivity index (χ2v) is 7.24. The van der Waals surface area contributed by atoms with E-state index in [1.54, 1.807) is 24.3 Å². The number of fused-ring (bicyclic) bond motifs is 3. The molecule has 1 amide bonds. The van der Waals surface area contributed by atoms with Gasteiger partial charge >= 0.3 is 0 Å². The molecule has 4 rings (SSSR count). The SMILES string of the molecule is O=C(Nc1cccc(Cl)c1)c1sc2ccc3ccccc3c2c1Cl. The van der Waals surface area contributed by atoms with Gasteiger partial charge in [0.15, 0.2) is 0 Å². The van der Waals surface area contributed by atoms with Crippen molar-refractivity contribution in [2.24, 2.45) is 0 Å². The minimum atomic E-state index is -0.229. The number of carbonyl (C=O) groups is 1. The highest BCUT2D eigenvalue weighted by atomic mass is 35.5. The van der Waals surface area contributed by atoms with Crippen LogP contribution in [0.1, 0.15) is 9.67 Å². The quantitative estimate of drug-likeness (QED) is 0.421. The number of hydrogen-bond donors (Lipinski definition) is 1. The lowest BCUT2D eigenvalue weighted by Crippen LogP contribution is -2.10. The second kappa shape index (κ2) is 6.10. The highest BCUT2D eigenvalue weighted by Gasteiger charge is 2.19. The summed E-state index contributed by atoms with van der Waals surface area (Å²) >= 11 is 13.9. The number of benzene rings is 3. The molecule has 0 aliphatic rings. The Bertz CT molecular complexity index is 1090. The molecule has 5 heteroatoms. The molecule has 0 aliphatic heterocycles. The van der Waals surface area contributed by atoms with Gasteiger partial charge in [-0.15, -0.1) is 11.3 Å². The van der Waals surface area contributed by atoms with Crippen molar-refractivity contribution >= 4 is 67.0 Å². The molecule has 24 heavy (non-hydrogen) atoms. The Hall–Kier alpha value is -2.07. The number of rotatable bonds is 2. The summed E-state index contributed by atoms with van der Waals surface area (Å²) < 4.78 is 0.995. The maximum absolute atomic E-state index is 12.6. The molecular formula is C19H11Cl2NOS. The van der Waals surface area contributed by atoms with Crippen molar-refractivity contribution in [1.29, 1.82) is 0 Å². The smallest absolute Gasteiger partial charge is 0.267 e. The Morgan fingerprint density at radius 3 is 2.62 bits per heavy atom. The summed E-state index contributed by atoms with van der Waals surface area (Å²) in [7, 11) is 0. The van der Waals surface area contributed by atoms with E-state index in [1.807, 2.05) is 36.4 Å². The van der Waals surface area contributed by atoms with Crippen LogP contribution in [-0.4, -0.2) is 5.91 Å². The first-order valence-electron chi connectivity index (χ1n) is 7.30. The molecule has 0 atom stereocenters. The van der Waals surface area contributed by atoms with E-state index >= 15 is 0 Å². The fourth-order valence-corrected chi connectivity index (χ4v) is 4.39. The zero-order valence-corrected chi connectivity index (χ0v) is 14.7. The normalized spacial score (nSPS) is 11.1. The van der Waals surface area contributed by atoms with Gasteiger partial charge in [-0.3, -0.25) is 4.79 Å². The average molecular weight is 372 g/mol. The number of carbonyl (C=O) groups excluding carboxylic acids is 1. The third-order valence-corrected chi connectivity index (χ3v) is 5.69. The molecule has 0 aliphatic carbocycles. The first-order chi connectivity index (χ1) is 11.6. The van der Waals surface area contributed by atoms with Crippen LogP contribution in [0.5, 0.6) is 0 Å². The van der Waals surface area contributed by atoms with Crippen molar-refractivity contribution < 1.29 is 4.79 Å². The number of amides is 1. The molecule has 0 saturated carbocycles. The zero-order chi connectivity index (χ0) is 16.7. The molecule has 0 saturated heterocycles. The van der Waals surface area contributed by atoms with Gasteiger partial charge in [0.05, 0.1) is 5.02 Å². The van der Waals surface area contributed by atoms with Crippen LogP contribution in [-0.2, 0) is 0 Å². The van der Waals surface area contributed by atoms with E-state index in [4.69, 9.17) is 23.2 Å². The van der Waals surface area contributed by atoms with Gasteiger partial charge in [-0.2, -0.15) is 0 Å². The molecule has 3 aromatic carbocycles. The predicted molar refractivity (Wildman–Crippen MR) is 104 cm³/mol. The van der Waals surface area contributed by atoms with Crippen molar-refractivity contribution in [3.05, 3.63) is 75.6 Å².